The maximum Gasteiger partial charge on any atom is 0.225 e. The SMILES string of the molecule is O=C1CCC(C(=O)NCc2cnn(-c3ccccc3)c2)CN1. The zero-order chi connectivity index (χ0) is 15.4. The molecule has 2 heterocycles. The van der Waals surface area contributed by atoms with E-state index in [0.29, 0.717) is 25.9 Å². The van der Waals surface area contributed by atoms with Crippen molar-refractivity contribution in [3.63, 3.8) is 0 Å². The van der Waals surface area contributed by atoms with Crippen molar-refractivity contribution in [3.05, 3.63) is 48.3 Å². The molecule has 1 atom stereocenters. The molecule has 1 aromatic carbocycles. The van der Waals surface area contributed by atoms with Gasteiger partial charge in [-0.15, -0.1) is 0 Å². The van der Waals surface area contributed by atoms with Crippen LogP contribution in [0.5, 0.6) is 0 Å². The Morgan fingerprint density at radius 2 is 2.18 bits per heavy atom. The van der Waals surface area contributed by atoms with Crippen LogP contribution in [0.1, 0.15) is 18.4 Å². The van der Waals surface area contributed by atoms with Crippen LogP contribution in [0.3, 0.4) is 0 Å². The largest absolute Gasteiger partial charge is 0.355 e. The van der Waals surface area contributed by atoms with Crippen LogP contribution in [0.4, 0.5) is 0 Å². The lowest BCUT2D eigenvalue weighted by molar-refractivity contribution is -0.129. The van der Waals surface area contributed by atoms with Gasteiger partial charge in [0.1, 0.15) is 0 Å². The summed E-state index contributed by atoms with van der Waals surface area (Å²) in [7, 11) is 0. The third-order valence-corrected chi connectivity index (χ3v) is 3.76. The fourth-order valence-corrected chi connectivity index (χ4v) is 2.46. The highest BCUT2D eigenvalue weighted by Gasteiger charge is 2.24. The highest BCUT2D eigenvalue weighted by molar-refractivity contribution is 5.83. The number of rotatable bonds is 4. The van der Waals surface area contributed by atoms with E-state index < -0.39 is 0 Å². The van der Waals surface area contributed by atoms with Crippen molar-refractivity contribution in [3.8, 4) is 5.69 Å². The molecule has 1 unspecified atom stereocenters. The molecule has 2 N–H and O–H groups in total. The molecule has 6 nitrogen and oxygen atoms in total. The lowest BCUT2D eigenvalue weighted by Crippen LogP contribution is -2.42. The molecule has 114 valence electrons. The second kappa shape index (κ2) is 6.43. The first kappa shape index (κ1) is 14.3. The molecule has 0 bridgehead atoms. The molecule has 0 spiro atoms. The van der Waals surface area contributed by atoms with Crippen LogP contribution in [0.25, 0.3) is 5.69 Å². The molecule has 2 aromatic rings. The van der Waals surface area contributed by atoms with Gasteiger partial charge in [0.15, 0.2) is 0 Å². The fraction of sp³-hybridized carbons (Fsp3) is 0.312. The monoisotopic (exact) mass is 298 g/mol. The Labute approximate surface area is 128 Å². The average Bonchev–Trinajstić information content (AvgIpc) is 3.03. The Morgan fingerprint density at radius 1 is 1.36 bits per heavy atom. The number of nitrogens with one attached hydrogen (secondary N) is 2. The van der Waals surface area contributed by atoms with Crippen molar-refractivity contribution in [2.45, 2.75) is 19.4 Å². The van der Waals surface area contributed by atoms with Crippen molar-refractivity contribution in [1.82, 2.24) is 20.4 Å². The van der Waals surface area contributed by atoms with Gasteiger partial charge in [0, 0.05) is 31.3 Å². The van der Waals surface area contributed by atoms with Gasteiger partial charge in [0.05, 0.1) is 17.8 Å². The number of hydrogen-bond donors (Lipinski definition) is 2. The quantitative estimate of drug-likeness (QED) is 0.884. The molecular weight excluding hydrogens is 280 g/mol. The first-order valence-electron chi connectivity index (χ1n) is 7.36. The molecule has 0 saturated carbocycles. The van der Waals surface area contributed by atoms with Gasteiger partial charge in [-0.1, -0.05) is 18.2 Å². The first-order chi connectivity index (χ1) is 10.7. The van der Waals surface area contributed by atoms with Crippen molar-refractivity contribution in [2.75, 3.05) is 6.54 Å². The van der Waals surface area contributed by atoms with E-state index in [-0.39, 0.29) is 17.7 Å². The Bertz CT molecular complexity index is 656. The number of carbonyl (C=O) groups is 2. The predicted molar refractivity (Wildman–Crippen MR) is 81.1 cm³/mol. The summed E-state index contributed by atoms with van der Waals surface area (Å²) in [5, 5.41) is 9.92. The van der Waals surface area contributed by atoms with Crippen molar-refractivity contribution >= 4 is 11.8 Å². The van der Waals surface area contributed by atoms with Crippen LogP contribution >= 0.6 is 0 Å². The third kappa shape index (κ3) is 3.33. The Balaban J connectivity index is 1.55. The minimum Gasteiger partial charge on any atom is -0.355 e. The van der Waals surface area contributed by atoms with E-state index in [0.717, 1.165) is 11.3 Å². The number of piperidine rings is 1. The highest BCUT2D eigenvalue weighted by atomic mass is 16.2. The van der Waals surface area contributed by atoms with E-state index in [4.69, 9.17) is 0 Å². The van der Waals surface area contributed by atoms with Crippen LogP contribution in [0, 0.1) is 5.92 Å². The fourth-order valence-electron chi connectivity index (χ4n) is 2.46. The first-order valence-corrected chi connectivity index (χ1v) is 7.36. The van der Waals surface area contributed by atoms with E-state index in [1.165, 1.54) is 0 Å². The molecule has 2 amide bonds. The minimum absolute atomic E-state index is 0.0209. The van der Waals surface area contributed by atoms with Crippen LogP contribution < -0.4 is 10.6 Å². The molecule has 0 aliphatic carbocycles. The van der Waals surface area contributed by atoms with Crippen molar-refractivity contribution in [1.29, 1.82) is 0 Å². The van der Waals surface area contributed by atoms with E-state index in [2.05, 4.69) is 15.7 Å². The van der Waals surface area contributed by atoms with E-state index >= 15 is 0 Å². The summed E-state index contributed by atoms with van der Waals surface area (Å²) in [6.45, 7) is 0.865. The van der Waals surface area contributed by atoms with Gasteiger partial charge < -0.3 is 10.6 Å². The van der Waals surface area contributed by atoms with Gasteiger partial charge in [-0.05, 0) is 18.6 Å². The molecule has 22 heavy (non-hydrogen) atoms. The van der Waals surface area contributed by atoms with Gasteiger partial charge in [0.2, 0.25) is 11.8 Å². The molecular formula is C16H18N4O2. The summed E-state index contributed by atoms with van der Waals surface area (Å²) >= 11 is 0. The smallest absolute Gasteiger partial charge is 0.225 e. The summed E-state index contributed by atoms with van der Waals surface area (Å²) in [6, 6.07) is 9.81. The Morgan fingerprint density at radius 3 is 2.91 bits per heavy atom. The highest BCUT2D eigenvalue weighted by Crippen LogP contribution is 2.11. The molecule has 3 rings (SSSR count). The molecule has 1 saturated heterocycles. The predicted octanol–water partition coefficient (Wildman–Crippen LogP) is 1.01. The van der Waals surface area contributed by atoms with Gasteiger partial charge in [0.25, 0.3) is 0 Å². The molecule has 0 radical (unpaired) electrons. The second-order valence-corrected chi connectivity index (χ2v) is 5.39. The van der Waals surface area contributed by atoms with E-state index in [9.17, 15) is 9.59 Å². The van der Waals surface area contributed by atoms with E-state index in [1.807, 2.05) is 36.5 Å². The molecule has 1 aliphatic rings. The molecule has 6 heteroatoms. The lowest BCUT2D eigenvalue weighted by Gasteiger charge is -2.21. The number of para-hydroxylation sites is 1. The number of hydrogen-bond acceptors (Lipinski definition) is 3. The van der Waals surface area contributed by atoms with Crippen molar-refractivity contribution < 1.29 is 9.59 Å². The number of nitrogens with zero attached hydrogens (tertiary/aromatic N) is 2. The van der Waals surface area contributed by atoms with Crippen LogP contribution in [0.2, 0.25) is 0 Å². The van der Waals surface area contributed by atoms with Crippen LogP contribution in [-0.4, -0.2) is 28.1 Å². The number of aromatic nitrogens is 2. The summed E-state index contributed by atoms with van der Waals surface area (Å²) in [5.74, 6) is -0.137. The normalized spacial score (nSPS) is 17.8. The molecule has 1 fully saturated rings. The van der Waals surface area contributed by atoms with Crippen molar-refractivity contribution in [2.24, 2.45) is 5.92 Å². The zero-order valence-corrected chi connectivity index (χ0v) is 12.2. The summed E-state index contributed by atoms with van der Waals surface area (Å²) in [4.78, 5) is 23.2. The molecule has 1 aromatic heterocycles. The van der Waals surface area contributed by atoms with Gasteiger partial charge >= 0.3 is 0 Å². The van der Waals surface area contributed by atoms with Gasteiger partial charge in [-0.3, -0.25) is 9.59 Å². The van der Waals surface area contributed by atoms with E-state index in [1.54, 1.807) is 10.9 Å². The minimum atomic E-state index is -0.137. The Kier molecular flexibility index (Phi) is 4.18. The average molecular weight is 298 g/mol. The standard InChI is InChI=1S/C16H18N4O2/c21-15-7-6-13(10-17-15)16(22)18-8-12-9-19-20(11-12)14-4-2-1-3-5-14/h1-5,9,11,13H,6-8,10H2,(H,17,21)(H,18,22). The number of amides is 2. The Hall–Kier alpha value is -2.63. The zero-order valence-electron chi connectivity index (χ0n) is 12.2. The van der Waals surface area contributed by atoms with Crippen LogP contribution in [-0.2, 0) is 16.1 Å². The number of carbonyl (C=O) groups excluding carboxylic acids is 2. The summed E-state index contributed by atoms with van der Waals surface area (Å²) in [5.41, 5.74) is 1.92. The molecule has 1 aliphatic heterocycles. The summed E-state index contributed by atoms with van der Waals surface area (Å²) in [6.07, 6.45) is 4.68. The maximum absolute atomic E-state index is 12.1. The summed E-state index contributed by atoms with van der Waals surface area (Å²) < 4.78 is 1.78. The maximum atomic E-state index is 12.1. The topological polar surface area (TPSA) is 76.0 Å². The van der Waals surface area contributed by atoms with Crippen LogP contribution in [0.15, 0.2) is 42.7 Å². The van der Waals surface area contributed by atoms with Gasteiger partial charge in [-0.25, -0.2) is 4.68 Å². The third-order valence-electron chi connectivity index (χ3n) is 3.76. The lowest BCUT2D eigenvalue weighted by atomic mass is 9.98. The number of benzene rings is 1. The second-order valence-electron chi connectivity index (χ2n) is 5.39. The van der Waals surface area contributed by atoms with Gasteiger partial charge in [-0.2, -0.15) is 5.10 Å².